The van der Waals surface area contributed by atoms with Gasteiger partial charge in [0.25, 0.3) is 5.56 Å². The number of alkyl halides is 7. The summed E-state index contributed by atoms with van der Waals surface area (Å²) in [6.45, 7) is 0. The zero-order chi connectivity index (χ0) is 14.1. The van der Waals surface area contributed by atoms with Crippen LogP contribution in [0.2, 0.25) is 0 Å². The normalized spacial score (nSPS) is 12.6. The standard InChI is InChI=1S/C8H4ClF6NO2/c9-2-3-1-4(18-8(13,14)15)5(6(17)16-3)7(10,11)12/h1H,2H2,(H,16,17). The van der Waals surface area contributed by atoms with Crippen molar-refractivity contribution in [3.63, 3.8) is 0 Å². The first-order valence-corrected chi connectivity index (χ1v) is 4.73. The van der Waals surface area contributed by atoms with Gasteiger partial charge in [-0.25, -0.2) is 0 Å². The molecule has 0 radical (unpaired) electrons. The molecule has 0 amide bonds. The summed E-state index contributed by atoms with van der Waals surface area (Å²) in [6, 6.07) is 0.380. The number of H-pyrrole nitrogens is 1. The summed E-state index contributed by atoms with van der Waals surface area (Å²) in [6.07, 6.45) is -10.6. The monoisotopic (exact) mass is 295 g/mol. The van der Waals surface area contributed by atoms with Gasteiger partial charge in [0.2, 0.25) is 0 Å². The molecule has 1 heterocycles. The Hall–Kier alpha value is -1.38. The SMILES string of the molecule is O=c1[nH]c(CCl)cc(OC(F)(F)F)c1C(F)(F)F. The van der Waals surface area contributed by atoms with Crippen molar-refractivity contribution in [3.05, 3.63) is 27.7 Å². The van der Waals surface area contributed by atoms with Crippen molar-refractivity contribution in [2.24, 2.45) is 0 Å². The number of ether oxygens (including phenoxy) is 1. The van der Waals surface area contributed by atoms with E-state index in [-0.39, 0.29) is 5.69 Å². The van der Waals surface area contributed by atoms with E-state index in [0.717, 1.165) is 0 Å². The van der Waals surface area contributed by atoms with Crippen molar-refractivity contribution < 1.29 is 31.1 Å². The molecular formula is C8H4ClF6NO2. The molecule has 0 fully saturated rings. The lowest BCUT2D eigenvalue weighted by atomic mass is 10.2. The number of pyridine rings is 1. The average Bonchev–Trinajstić information content (AvgIpc) is 2.11. The lowest BCUT2D eigenvalue weighted by Gasteiger charge is -2.15. The van der Waals surface area contributed by atoms with Crippen LogP contribution < -0.4 is 10.3 Å². The van der Waals surface area contributed by atoms with Crippen LogP contribution in [0.5, 0.6) is 5.75 Å². The van der Waals surface area contributed by atoms with Crippen molar-refractivity contribution in [2.45, 2.75) is 18.4 Å². The third-order valence-corrected chi connectivity index (χ3v) is 1.99. The molecule has 102 valence electrons. The first kappa shape index (κ1) is 14.7. The second-order valence-corrected chi connectivity index (χ2v) is 3.31. The number of rotatable bonds is 2. The van der Waals surface area contributed by atoms with Gasteiger partial charge >= 0.3 is 12.5 Å². The maximum absolute atomic E-state index is 12.4. The molecule has 10 heteroatoms. The Morgan fingerprint density at radius 1 is 1.22 bits per heavy atom. The molecule has 0 aliphatic heterocycles. The lowest BCUT2D eigenvalue weighted by molar-refractivity contribution is -0.276. The molecule has 0 bridgehead atoms. The van der Waals surface area contributed by atoms with Crippen molar-refractivity contribution in [3.8, 4) is 5.75 Å². The van der Waals surface area contributed by atoms with Crippen molar-refractivity contribution in [2.75, 3.05) is 0 Å². The minimum absolute atomic E-state index is 0.325. The van der Waals surface area contributed by atoms with Crippen molar-refractivity contribution in [1.29, 1.82) is 0 Å². The minimum atomic E-state index is -5.35. The molecule has 0 aromatic carbocycles. The van der Waals surface area contributed by atoms with Crippen LogP contribution in [0.4, 0.5) is 26.3 Å². The Bertz CT molecular complexity index is 492. The number of halogens is 7. The summed E-state index contributed by atoms with van der Waals surface area (Å²) in [5.41, 5.74) is -4.14. The molecule has 0 aliphatic carbocycles. The van der Waals surface area contributed by atoms with Crippen molar-refractivity contribution >= 4 is 11.6 Å². The van der Waals surface area contributed by atoms with E-state index in [4.69, 9.17) is 11.6 Å². The summed E-state index contributed by atoms with van der Waals surface area (Å²) in [4.78, 5) is 12.8. The lowest BCUT2D eigenvalue weighted by Crippen LogP contribution is -2.27. The van der Waals surface area contributed by atoms with E-state index < -0.39 is 35.3 Å². The largest absolute Gasteiger partial charge is 0.573 e. The topological polar surface area (TPSA) is 42.1 Å². The van der Waals surface area contributed by atoms with Crippen LogP contribution in [-0.2, 0) is 12.1 Å². The molecule has 0 atom stereocenters. The number of nitrogens with one attached hydrogen (secondary N) is 1. The van der Waals surface area contributed by atoms with Gasteiger partial charge < -0.3 is 9.72 Å². The number of hydrogen-bond donors (Lipinski definition) is 1. The Labute approximate surface area is 100 Å². The van der Waals surface area contributed by atoms with Gasteiger partial charge in [-0.1, -0.05) is 0 Å². The summed E-state index contributed by atoms with van der Waals surface area (Å²) in [7, 11) is 0. The van der Waals surface area contributed by atoms with E-state index in [1.54, 1.807) is 4.98 Å². The fraction of sp³-hybridized carbons (Fsp3) is 0.375. The third-order valence-electron chi connectivity index (χ3n) is 1.71. The van der Waals surface area contributed by atoms with Crippen LogP contribution in [0.15, 0.2) is 10.9 Å². The van der Waals surface area contributed by atoms with Crippen LogP contribution in [0.3, 0.4) is 0 Å². The van der Waals surface area contributed by atoms with Gasteiger partial charge in [0.15, 0.2) is 5.56 Å². The Balaban J connectivity index is 3.44. The van der Waals surface area contributed by atoms with Gasteiger partial charge in [0.1, 0.15) is 5.75 Å². The zero-order valence-corrected chi connectivity index (χ0v) is 9.00. The second kappa shape index (κ2) is 4.71. The molecule has 0 unspecified atom stereocenters. The maximum Gasteiger partial charge on any atom is 0.573 e. The molecule has 18 heavy (non-hydrogen) atoms. The first-order valence-electron chi connectivity index (χ1n) is 4.19. The first-order chi connectivity index (χ1) is 8.04. The van der Waals surface area contributed by atoms with Gasteiger partial charge in [-0.2, -0.15) is 13.2 Å². The van der Waals surface area contributed by atoms with Crippen LogP contribution in [0.1, 0.15) is 11.3 Å². The summed E-state index contributed by atoms with van der Waals surface area (Å²) in [5, 5.41) is 0. The van der Waals surface area contributed by atoms with Gasteiger partial charge in [-0.15, -0.1) is 24.8 Å². The summed E-state index contributed by atoms with van der Waals surface area (Å²) >= 11 is 5.22. The highest BCUT2D eigenvalue weighted by Gasteiger charge is 2.42. The highest BCUT2D eigenvalue weighted by Crippen LogP contribution is 2.36. The van der Waals surface area contributed by atoms with Crippen LogP contribution in [0, 0.1) is 0 Å². The van der Waals surface area contributed by atoms with E-state index in [2.05, 4.69) is 4.74 Å². The molecule has 1 rings (SSSR count). The molecule has 0 saturated carbocycles. The molecule has 1 aromatic heterocycles. The van der Waals surface area contributed by atoms with Crippen LogP contribution in [-0.4, -0.2) is 11.3 Å². The quantitative estimate of drug-likeness (QED) is 0.673. The van der Waals surface area contributed by atoms with E-state index in [1.807, 2.05) is 0 Å². The summed E-state index contributed by atoms with van der Waals surface area (Å²) in [5.74, 6) is -2.10. The smallest absolute Gasteiger partial charge is 0.405 e. The van der Waals surface area contributed by atoms with Gasteiger partial charge in [0.05, 0.1) is 5.88 Å². The molecule has 0 aliphatic rings. The predicted octanol–water partition coefficient (Wildman–Crippen LogP) is 3.03. The Morgan fingerprint density at radius 3 is 2.17 bits per heavy atom. The third kappa shape index (κ3) is 3.56. The van der Waals surface area contributed by atoms with Crippen LogP contribution in [0.25, 0.3) is 0 Å². The predicted molar refractivity (Wildman–Crippen MR) is 48.3 cm³/mol. The number of aromatic nitrogens is 1. The molecule has 0 saturated heterocycles. The van der Waals surface area contributed by atoms with Gasteiger partial charge in [0, 0.05) is 11.8 Å². The maximum atomic E-state index is 12.4. The molecule has 1 N–H and O–H groups in total. The van der Waals surface area contributed by atoms with E-state index >= 15 is 0 Å². The van der Waals surface area contributed by atoms with E-state index in [0.29, 0.717) is 6.07 Å². The zero-order valence-electron chi connectivity index (χ0n) is 8.25. The average molecular weight is 296 g/mol. The highest BCUT2D eigenvalue weighted by atomic mass is 35.5. The van der Waals surface area contributed by atoms with Gasteiger partial charge in [-0.05, 0) is 0 Å². The van der Waals surface area contributed by atoms with Crippen LogP contribution >= 0.6 is 11.6 Å². The van der Waals surface area contributed by atoms with E-state index in [9.17, 15) is 31.1 Å². The van der Waals surface area contributed by atoms with Crippen molar-refractivity contribution in [1.82, 2.24) is 4.98 Å². The molecule has 1 aromatic rings. The molecular weight excluding hydrogens is 292 g/mol. The Morgan fingerprint density at radius 2 is 1.78 bits per heavy atom. The summed E-state index contributed by atoms with van der Waals surface area (Å²) < 4.78 is 76.3. The van der Waals surface area contributed by atoms with Gasteiger partial charge in [-0.3, -0.25) is 4.79 Å². The Kier molecular flexibility index (Phi) is 3.84. The highest BCUT2D eigenvalue weighted by molar-refractivity contribution is 6.16. The number of aromatic amines is 1. The number of hydrogen-bond acceptors (Lipinski definition) is 2. The molecule has 0 spiro atoms. The molecule has 3 nitrogen and oxygen atoms in total. The second-order valence-electron chi connectivity index (χ2n) is 3.04. The fourth-order valence-electron chi connectivity index (χ4n) is 1.13. The van der Waals surface area contributed by atoms with E-state index in [1.165, 1.54) is 0 Å². The minimum Gasteiger partial charge on any atom is -0.405 e. The fourth-order valence-corrected chi connectivity index (χ4v) is 1.28.